The van der Waals surface area contributed by atoms with E-state index >= 15 is 0 Å². The van der Waals surface area contributed by atoms with Gasteiger partial charge in [-0.3, -0.25) is 9.48 Å². The van der Waals surface area contributed by atoms with E-state index in [1.54, 1.807) is 16.0 Å². The number of fused-ring (bicyclic) bond motifs is 1. The number of carbonyl (C=O) groups is 1. The van der Waals surface area contributed by atoms with Crippen LogP contribution in [0.25, 0.3) is 0 Å². The van der Waals surface area contributed by atoms with Gasteiger partial charge in [0.1, 0.15) is 11.1 Å². The summed E-state index contributed by atoms with van der Waals surface area (Å²) in [5.41, 5.74) is 3.01. The zero-order valence-corrected chi connectivity index (χ0v) is 15.2. The first-order valence-electron chi connectivity index (χ1n) is 9.01. The summed E-state index contributed by atoms with van der Waals surface area (Å²) in [4.78, 5) is 13.9. The van der Waals surface area contributed by atoms with Gasteiger partial charge in [0, 0.05) is 24.0 Å². The Bertz CT molecular complexity index is 844. The molecule has 1 amide bonds. The first kappa shape index (κ1) is 16.3. The Hall–Kier alpha value is -2.13. The molecule has 0 spiro atoms. The van der Waals surface area contributed by atoms with E-state index in [-0.39, 0.29) is 17.7 Å². The average molecular weight is 354 g/mol. The van der Waals surface area contributed by atoms with Gasteiger partial charge in [-0.1, -0.05) is 12.8 Å². The van der Waals surface area contributed by atoms with Crippen molar-refractivity contribution in [2.24, 2.45) is 13.0 Å². The van der Waals surface area contributed by atoms with Crippen molar-refractivity contribution < 1.29 is 4.79 Å². The first-order valence-corrected chi connectivity index (χ1v) is 9.83. The molecule has 1 N–H and O–H groups in total. The van der Waals surface area contributed by atoms with Gasteiger partial charge in [-0.25, -0.2) is 0 Å². The van der Waals surface area contributed by atoms with Crippen LogP contribution in [-0.2, 0) is 24.7 Å². The Balaban J connectivity index is 1.50. The lowest BCUT2D eigenvalue weighted by Crippen LogP contribution is -2.14. The predicted octanol–water partition coefficient (Wildman–Crippen LogP) is 3.75. The van der Waals surface area contributed by atoms with Gasteiger partial charge in [-0.15, -0.1) is 11.3 Å². The summed E-state index contributed by atoms with van der Waals surface area (Å²) in [6.07, 6.45) is 11.5. The van der Waals surface area contributed by atoms with E-state index in [1.165, 1.54) is 29.7 Å². The highest BCUT2D eigenvalue weighted by atomic mass is 32.1. The fraction of sp³-hybridized carbons (Fsp3) is 0.526. The molecule has 2 aromatic heterocycles. The van der Waals surface area contributed by atoms with E-state index in [1.807, 2.05) is 19.4 Å². The molecule has 0 radical (unpaired) electrons. The zero-order chi connectivity index (χ0) is 17.4. The molecule has 2 aliphatic carbocycles. The summed E-state index contributed by atoms with van der Waals surface area (Å²) in [5, 5.41) is 17.6. The van der Waals surface area contributed by atoms with Gasteiger partial charge in [-0.2, -0.15) is 10.4 Å². The maximum Gasteiger partial charge on any atom is 0.228 e. The Morgan fingerprint density at radius 1 is 1.36 bits per heavy atom. The number of anilines is 1. The van der Waals surface area contributed by atoms with Crippen LogP contribution >= 0.6 is 11.3 Å². The quantitative estimate of drug-likeness (QED) is 0.912. The van der Waals surface area contributed by atoms with Crippen LogP contribution in [0.5, 0.6) is 0 Å². The monoisotopic (exact) mass is 354 g/mol. The molecular weight excluding hydrogens is 332 g/mol. The molecule has 0 aromatic carbocycles. The SMILES string of the molecule is Cn1cc(C2CC2C(=O)Nc2sc3c(c2C#N)CCCCCC3)cn1. The van der Waals surface area contributed by atoms with Gasteiger partial charge in [0.25, 0.3) is 0 Å². The van der Waals surface area contributed by atoms with E-state index < -0.39 is 0 Å². The summed E-state index contributed by atoms with van der Waals surface area (Å²) in [6, 6.07) is 2.35. The fourth-order valence-electron chi connectivity index (χ4n) is 3.82. The molecule has 25 heavy (non-hydrogen) atoms. The van der Waals surface area contributed by atoms with Crippen LogP contribution in [0.15, 0.2) is 12.4 Å². The summed E-state index contributed by atoms with van der Waals surface area (Å²) in [5.74, 6) is 0.306. The number of hydrogen-bond donors (Lipinski definition) is 1. The minimum atomic E-state index is 0.000395. The van der Waals surface area contributed by atoms with Crippen LogP contribution in [0.2, 0.25) is 0 Å². The van der Waals surface area contributed by atoms with Crippen LogP contribution < -0.4 is 5.32 Å². The minimum absolute atomic E-state index is 0.000395. The second-order valence-corrected chi connectivity index (χ2v) is 8.22. The predicted molar refractivity (Wildman–Crippen MR) is 97.6 cm³/mol. The largest absolute Gasteiger partial charge is 0.316 e. The molecule has 2 unspecified atom stereocenters. The number of rotatable bonds is 3. The maximum atomic E-state index is 12.6. The lowest BCUT2D eigenvalue weighted by atomic mass is 9.97. The number of aromatic nitrogens is 2. The van der Waals surface area contributed by atoms with Crippen molar-refractivity contribution in [3.8, 4) is 6.07 Å². The molecule has 0 aliphatic heterocycles. The molecule has 2 heterocycles. The van der Waals surface area contributed by atoms with Crippen molar-refractivity contribution in [2.75, 3.05) is 5.32 Å². The summed E-state index contributed by atoms with van der Waals surface area (Å²) >= 11 is 1.61. The van der Waals surface area contributed by atoms with E-state index in [9.17, 15) is 10.1 Å². The highest BCUT2D eigenvalue weighted by Gasteiger charge is 2.45. The molecule has 4 rings (SSSR count). The normalized spacial score (nSPS) is 22.4. The van der Waals surface area contributed by atoms with Gasteiger partial charge >= 0.3 is 0 Å². The number of aryl methyl sites for hydroxylation is 2. The fourth-order valence-corrected chi connectivity index (χ4v) is 5.06. The van der Waals surface area contributed by atoms with Crippen LogP contribution in [0.4, 0.5) is 5.00 Å². The number of thiophene rings is 1. The van der Waals surface area contributed by atoms with Gasteiger partial charge in [-0.05, 0) is 49.1 Å². The Kier molecular flexibility index (Phi) is 4.34. The first-order chi connectivity index (χ1) is 12.2. The van der Waals surface area contributed by atoms with Crippen LogP contribution in [-0.4, -0.2) is 15.7 Å². The molecule has 130 valence electrons. The van der Waals surface area contributed by atoms with Gasteiger partial charge < -0.3 is 5.32 Å². The number of hydrogen-bond acceptors (Lipinski definition) is 4. The minimum Gasteiger partial charge on any atom is -0.316 e. The smallest absolute Gasteiger partial charge is 0.228 e. The topological polar surface area (TPSA) is 70.7 Å². The standard InChI is InChI=1S/C19H22N4OS/c1-23-11-12(10-21-23)14-8-15(14)18(24)22-19-16(9-20)13-6-4-2-3-5-7-17(13)25-19/h10-11,14-15H,2-8H2,1H3,(H,22,24). The number of amides is 1. The molecule has 1 saturated carbocycles. The van der Waals surface area contributed by atoms with Gasteiger partial charge in [0.2, 0.25) is 5.91 Å². The van der Waals surface area contributed by atoms with E-state index in [2.05, 4.69) is 16.5 Å². The van der Waals surface area contributed by atoms with Crippen LogP contribution in [0, 0.1) is 17.2 Å². The van der Waals surface area contributed by atoms with Crippen molar-refractivity contribution >= 4 is 22.2 Å². The van der Waals surface area contributed by atoms with Crippen LogP contribution in [0.1, 0.15) is 59.6 Å². The van der Waals surface area contributed by atoms with Gasteiger partial charge in [0.15, 0.2) is 0 Å². The summed E-state index contributed by atoms with van der Waals surface area (Å²) in [7, 11) is 1.89. The summed E-state index contributed by atoms with van der Waals surface area (Å²) in [6.45, 7) is 0. The second-order valence-electron chi connectivity index (χ2n) is 7.12. The molecular formula is C19H22N4OS. The zero-order valence-electron chi connectivity index (χ0n) is 14.4. The number of nitrogens with one attached hydrogen (secondary N) is 1. The molecule has 5 nitrogen and oxygen atoms in total. The molecule has 2 aromatic rings. The molecule has 2 aliphatic rings. The summed E-state index contributed by atoms with van der Waals surface area (Å²) < 4.78 is 1.77. The Morgan fingerprint density at radius 2 is 2.16 bits per heavy atom. The molecule has 2 atom stereocenters. The molecule has 1 fully saturated rings. The third-order valence-corrected chi connectivity index (χ3v) is 6.51. The number of nitriles is 1. The second kappa shape index (κ2) is 6.64. The average Bonchev–Trinajstić information content (AvgIpc) is 3.17. The van der Waals surface area contributed by atoms with E-state index in [0.717, 1.165) is 36.2 Å². The van der Waals surface area contributed by atoms with Crippen molar-refractivity contribution in [2.45, 2.75) is 50.9 Å². The van der Waals surface area contributed by atoms with Crippen molar-refractivity contribution in [3.63, 3.8) is 0 Å². The number of nitrogens with zero attached hydrogens (tertiary/aromatic N) is 3. The highest BCUT2D eigenvalue weighted by molar-refractivity contribution is 7.16. The lowest BCUT2D eigenvalue weighted by Gasteiger charge is -2.08. The molecule has 6 heteroatoms. The third-order valence-electron chi connectivity index (χ3n) is 5.30. The van der Waals surface area contributed by atoms with Crippen molar-refractivity contribution in [3.05, 3.63) is 34.0 Å². The Morgan fingerprint density at radius 3 is 2.88 bits per heavy atom. The van der Waals surface area contributed by atoms with Crippen molar-refractivity contribution in [1.82, 2.24) is 9.78 Å². The maximum absolute atomic E-state index is 12.6. The highest BCUT2D eigenvalue weighted by Crippen LogP contribution is 2.48. The lowest BCUT2D eigenvalue weighted by molar-refractivity contribution is -0.117. The third kappa shape index (κ3) is 3.21. The Labute approximate surface area is 151 Å². The van der Waals surface area contributed by atoms with Crippen LogP contribution in [0.3, 0.4) is 0 Å². The van der Waals surface area contributed by atoms with E-state index in [0.29, 0.717) is 5.56 Å². The molecule has 0 bridgehead atoms. The molecule has 0 saturated heterocycles. The van der Waals surface area contributed by atoms with Gasteiger partial charge in [0.05, 0.1) is 11.8 Å². The number of carbonyl (C=O) groups excluding carboxylic acids is 1. The van der Waals surface area contributed by atoms with E-state index in [4.69, 9.17) is 0 Å². The van der Waals surface area contributed by atoms with Crippen molar-refractivity contribution in [1.29, 1.82) is 5.26 Å².